The van der Waals surface area contributed by atoms with Crippen LogP contribution in [0.25, 0.3) is 11.2 Å². The lowest BCUT2D eigenvalue weighted by Gasteiger charge is -2.08. The van der Waals surface area contributed by atoms with Crippen LogP contribution in [0.2, 0.25) is 0 Å². The Morgan fingerprint density at radius 1 is 1.12 bits per heavy atom. The van der Waals surface area contributed by atoms with E-state index >= 15 is 0 Å². The van der Waals surface area contributed by atoms with Crippen LogP contribution in [-0.4, -0.2) is 44.4 Å². The molecule has 132 valence electrons. The summed E-state index contributed by atoms with van der Waals surface area (Å²) < 4.78 is 12.4. The zero-order valence-electron chi connectivity index (χ0n) is 14.1. The van der Waals surface area contributed by atoms with Gasteiger partial charge >= 0.3 is 6.01 Å². The number of ether oxygens (including phenoxy) is 2. The molecule has 0 saturated heterocycles. The Hall–Kier alpha value is -2.87. The van der Waals surface area contributed by atoms with E-state index in [1.807, 2.05) is 37.3 Å². The van der Waals surface area contributed by atoms with E-state index in [1.165, 1.54) is 0 Å². The molecule has 8 heteroatoms. The van der Waals surface area contributed by atoms with Gasteiger partial charge in [-0.15, -0.1) is 0 Å². The summed E-state index contributed by atoms with van der Waals surface area (Å²) in [4.78, 5) is 12.5. The van der Waals surface area contributed by atoms with Crippen LogP contribution < -0.4 is 10.5 Å². The normalized spacial score (nSPS) is 11.1. The molecule has 0 spiro atoms. The summed E-state index contributed by atoms with van der Waals surface area (Å²) in [6.07, 6.45) is 0.726. The predicted molar refractivity (Wildman–Crippen MR) is 93.5 cm³/mol. The number of anilines is 1. The summed E-state index contributed by atoms with van der Waals surface area (Å²) >= 11 is 0. The number of nitrogens with two attached hydrogens (primary N) is 1. The molecule has 2 heterocycles. The summed E-state index contributed by atoms with van der Waals surface area (Å²) in [5.74, 6) is 0.173. The fourth-order valence-electron chi connectivity index (χ4n) is 2.43. The maximum Gasteiger partial charge on any atom is 0.320 e. The Kier molecular flexibility index (Phi) is 5.30. The van der Waals surface area contributed by atoms with Crippen molar-refractivity contribution in [1.82, 2.24) is 19.5 Å². The minimum absolute atomic E-state index is 0.159. The van der Waals surface area contributed by atoms with E-state index in [0.717, 1.165) is 12.0 Å². The molecule has 25 heavy (non-hydrogen) atoms. The van der Waals surface area contributed by atoms with Gasteiger partial charge in [-0.05, 0) is 12.5 Å². The van der Waals surface area contributed by atoms with Gasteiger partial charge in [0.05, 0.1) is 13.2 Å². The van der Waals surface area contributed by atoms with Crippen LogP contribution in [0, 0.1) is 0 Å². The molecule has 0 bridgehead atoms. The Morgan fingerprint density at radius 2 is 1.92 bits per heavy atom. The number of imidazole rings is 1. The second-order valence-electron chi connectivity index (χ2n) is 5.45. The molecule has 0 aliphatic heterocycles. The molecule has 3 rings (SSSR count). The number of fused-ring (bicyclic) bond motifs is 1. The topological polar surface area (TPSA) is 108 Å². The van der Waals surface area contributed by atoms with Crippen LogP contribution in [0.1, 0.15) is 18.9 Å². The zero-order chi connectivity index (χ0) is 17.6. The van der Waals surface area contributed by atoms with Crippen molar-refractivity contribution >= 4 is 17.0 Å². The zero-order valence-corrected chi connectivity index (χ0v) is 14.1. The van der Waals surface area contributed by atoms with Crippen molar-refractivity contribution in [2.75, 3.05) is 25.6 Å². The highest BCUT2D eigenvalue weighted by Crippen LogP contribution is 2.25. The highest BCUT2D eigenvalue weighted by atomic mass is 16.5. The van der Waals surface area contributed by atoms with Gasteiger partial charge in [-0.3, -0.25) is 4.57 Å². The van der Waals surface area contributed by atoms with Gasteiger partial charge in [0.1, 0.15) is 0 Å². The molecule has 0 saturated carbocycles. The summed E-state index contributed by atoms with van der Waals surface area (Å²) in [6.45, 7) is 4.07. The average Bonchev–Trinajstić information content (AvgIpc) is 2.92. The molecule has 0 radical (unpaired) electrons. The number of benzene rings is 1. The molecule has 2 aromatic heterocycles. The lowest BCUT2D eigenvalue weighted by Crippen LogP contribution is -2.08. The minimum atomic E-state index is -0.159. The van der Waals surface area contributed by atoms with E-state index in [4.69, 9.17) is 15.2 Å². The lowest BCUT2D eigenvalue weighted by molar-refractivity contribution is 0.129. The van der Waals surface area contributed by atoms with Gasteiger partial charge in [0.15, 0.2) is 17.0 Å². The predicted octanol–water partition coefficient (Wildman–Crippen LogP) is 1.97. The van der Waals surface area contributed by atoms with Crippen molar-refractivity contribution in [2.24, 2.45) is 0 Å². The fourth-order valence-corrected chi connectivity index (χ4v) is 2.43. The molecule has 1 aromatic carbocycles. The molecule has 8 nitrogen and oxygen atoms in total. The molecular weight excluding hydrogens is 322 g/mol. The Bertz CT molecular complexity index is 835. The summed E-state index contributed by atoms with van der Waals surface area (Å²) in [5, 5.41) is 10.2. The second kappa shape index (κ2) is 7.80. The number of nitrogen functional groups attached to an aromatic ring is 1. The van der Waals surface area contributed by atoms with E-state index in [9.17, 15) is 5.11 Å². The van der Waals surface area contributed by atoms with Crippen LogP contribution >= 0.6 is 0 Å². The van der Waals surface area contributed by atoms with Crippen LogP contribution in [0.4, 0.5) is 5.82 Å². The first-order chi connectivity index (χ1) is 12.2. The molecule has 0 aliphatic carbocycles. The van der Waals surface area contributed by atoms with Crippen molar-refractivity contribution in [3.63, 3.8) is 0 Å². The average molecular weight is 343 g/mol. The molecule has 0 amide bonds. The third-order valence-corrected chi connectivity index (χ3v) is 3.63. The summed E-state index contributed by atoms with van der Waals surface area (Å²) in [6, 6.07) is 9.72. The summed E-state index contributed by atoms with van der Waals surface area (Å²) in [5.41, 5.74) is 7.74. The number of aromatic hydroxyl groups is 1. The largest absolute Gasteiger partial charge is 0.480 e. The van der Waals surface area contributed by atoms with Gasteiger partial charge in [0.2, 0.25) is 0 Å². The van der Waals surface area contributed by atoms with Crippen molar-refractivity contribution in [3.05, 3.63) is 35.9 Å². The van der Waals surface area contributed by atoms with E-state index in [0.29, 0.717) is 37.5 Å². The summed E-state index contributed by atoms with van der Waals surface area (Å²) in [7, 11) is 0. The van der Waals surface area contributed by atoms with Gasteiger partial charge in [-0.1, -0.05) is 30.3 Å². The molecular formula is C17H21N5O3. The van der Waals surface area contributed by atoms with Gasteiger partial charge in [-0.25, -0.2) is 0 Å². The van der Waals surface area contributed by atoms with E-state index in [1.54, 1.807) is 4.57 Å². The second-order valence-corrected chi connectivity index (χ2v) is 5.45. The maximum atomic E-state index is 10.2. The first-order valence-electron chi connectivity index (χ1n) is 8.16. The Labute approximate surface area is 145 Å². The minimum Gasteiger partial charge on any atom is -0.480 e. The standard InChI is InChI=1S/C17H21N5O3/c1-2-24-9-6-10-25-16-20-14(18)13-15(21-16)22(17(23)19-13)11-12-7-4-3-5-8-12/h3-5,7-8H,2,6,9-11H2,1H3,(H,19,23)(H2,18,20,21). The molecule has 3 aromatic rings. The van der Waals surface area contributed by atoms with Gasteiger partial charge in [-0.2, -0.15) is 15.0 Å². The van der Waals surface area contributed by atoms with Crippen molar-refractivity contribution in [1.29, 1.82) is 0 Å². The SMILES string of the molecule is CCOCCCOc1nc(N)c2nc(O)n(Cc3ccccc3)c2n1. The number of hydrogen-bond donors (Lipinski definition) is 2. The van der Waals surface area contributed by atoms with E-state index in [2.05, 4.69) is 15.0 Å². The number of aromatic nitrogens is 4. The smallest absolute Gasteiger partial charge is 0.320 e. The van der Waals surface area contributed by atoms with E-state index in [-0.39, 0.29) is 17.8 Å². The molecule has 0 unspecified atom stereocenters. The molecule has 0 fully saturated rings. The lowest BCUT2D eigenvalue weighted by atomic mass is 10.2. The Balaban J connectivity index is 1.83. The Morgan fingerprint density at radius 3 is 2.68 bits per heavy atom. The fraction of sp³-hybridized carbons (Fsp3) is 0.353. The first-order valence-corrected chi connectivity index (χ1v) is 8.16. The van der Waals surface area contributed by atoms with Crippen LogP contribution in [0.5, 0.6) is 12.0 Å². The molecule has 0 atom stereocenters. The third-order valence-electron chi connectivity index (χ3n) is 3.63. The van der Waals surface area contributed by atoms with Gasteiger partial charge in [0, 0.05) is 19.6 Å². The molecule has 0 aliphatic rings. The number of rotatable bonds is 8. The maximum absolute atomic E-state index is 10.2. The molecule has 3 N–H and O–H groups in total. The van der Waals surface area contributed by atoms with Crippen LogP contribution in [0.15, 0.2) is 30.3 Å². The van der Waals surface area contributed by atoms with Crippen molar-refractivity contribution in [2.45, 2.75) is 19.9 Å². The van der Waals surface area contributed by atoms with Gasteiger partial charge in [0.25, 0.3) is 6.01 Å². The van der Waals surface area contributed by atoms with Gasteiger partial charge < -0.3 is 20.3 Å². The van der Waals surface area contributed by atoms with Crippen LogP contribution in [0.3, 0.4) is 0 Å². The van der Waals surface area contributed by atoms with Crippen molar-refractivity contribution < 1.29 is 14.6 Å². The third kappa shape index (κ3) is 3.97. The van der Waals surface area contributed by atoms with Crippen molar-refractivity contribution in [3.8, 4) is 12.0 Å². The van der Waals surface area contributed by atoms with E-state index < -0.39 is 0 Å². The number of nitrogens with zero attached hydrogens (tertiary/aromatic N) is 4. The highest BCUT2D eigenvalue weighted by Gasteiger charge is 2.17. The quantitative estimate of drug-likeness (QED) is 0.602. The number of hydrogen-bond acceptors (Lipinski definition) is 7. The first kappa shape index (κ1) is 17.0. The monoisotopic (exact) mass is 343 g/mol. The highest BCUT2D eigenvalue weighted by molar-refractivity contribution is 5.83. The van der Waals surface area contributed by atoms with Crippen LogP contribution in [-0.2, 0) is 11.3 Å².